The molecular formula is C21H17N3O2S. The number of aromatic nitrogens is 2. The van der Waals surface area contributed by atoms with Gasteiger partial charge in [-0.25, -0.2) is 0 Å². The molecule has 1 amide bonds. The molecule has 0 atom stereocenters. The van der Waals surface area contributed by atoms with Crippen molar-refractivity contribution in [2.75, 3.05) is 12.4 Å². The van der Waals surface area contributed by atoms with E-state index < -0.39 is 0 Å². The first kappa shape index (κ1) is 17.2. The van der Waals surface area contributed by atoms with Crippen molar-refractivity contribution in [3.8, 4) is 16.3 Å². The van der Waals surface area contributed by atoms with Gasteiger partial charge in [0, 0.05) is 5.56 Å². The van der Waals surface area contributed by atoms with Crippen LogP contribution in [-0.4, -0.2) is 23.2 Å². The maximum atomic E-state index is 12.8. The molecule has 4 rings (SSSR count). The SMILES string of the molecule is COc1cc2ccccc2cc1C(=O)Nc1nnc(-c2ccc(C)cc2)s1. The van der Waals surface area contributed by atoms with Crippen molar-refractivity contribution in [3.63, 3.8) is 0 Å². The summed E-state index contributed by atoms with van der Waals surface area (Å²) in [5, 5.41) is 14.3. The highest BCUT2D eigenvalue weighted by molar-refractivity contribution is 7.18. The monoisotopic (exact) mass is 375 g/mol. The second-order valence-corrected chi connectivity index (χ2v) is 7.11. The molecular weight excluding hydrogens is 358 g/mol. The van der Waals surface area contributed by atoms with E-state index in [1.165, 1.54) is 16.9 Å². The topological polar surface area (TPSA) is 64.1 Å². The number of amides is 1. The molecule has 0 saturated carbocycles. The Morgan fingerprint density at radius 3 is 2.41 bits per heavy atom. The van der Waals surface area contributed by atoms with E-state index in [1.807, 2.05) is 67.6 Å². The van der Waals surface area contributed by atoms with Gasteiger partial charge >= 0.3 is 0 Å². The van der Waals surface area contributed by atoms with Gasteiger partial charge in [0.25, 0.3) is 5.91 Å². The van der Waals surface area contributed by atoms with Crippen molar-refractivity contribution in [1.29, 1.82) is 0 Å². The van der Waals surface area contributed by atoms with Crippen LogP contribution in [0, 0.1) is 6.92 Å². The first-order valence-corrected chi connectivity index (χ1v) is 9.24. The molecule has 0 fully saturated rings. The fourth-order valence-corrected chi connectivity index (χ4v) is 3.56. The lowest BCUT2D eigenvalue weighted by molar-refractivity contribution is 0.102. The molecule has 0 aliphatic heterocycles. The van der Waals surface area contributed by atoms with E-state index in [-0.39, 0.29) is 5.91 Å². The third kappa shape index (κ3) is 3.52. The van der Waals surface area contributed by atoms with Crippen LogP contribution < -0.4 is 10.1 Å². The molecule has 4 aromatic rings. The van der Waals surface area contributed by atoms with Crippen molar-refractivity contribution >= 4 is 33.1 Å². The largest absolute Gasteiger partial charge is 0.496 e. The maximum absolute atomic E-state index is 12.8. The Balaban J connectivity index is 1.61. The second-order valence-electron chi connectivity index (χ2n) is 6.13. The average Bonchev–Trinajstić information content (AvgIpc) is 3.15. The number of anilines is 1. The molecule has 6 heteroatoms. The van der Waals surface area contributed by atoms with Crippen LogP contribution in [0.5, 0.6) is 5.75 Å². The number of hydrogen-bond acceptors (Lipinski definition) is 5. The molecule has 134 valence electrons. The molecule has 1 N–H and O–H groups in total. The van der Waals surface area contributed by atoms with Crippen LogP contribution >= 0.6 is 11.3 Å². The van der Waals surface area contributed by atoms with Crippen LogP contribution in [0.25, 0.3) is 21.3 Å². The number of aryl methyl sites for hydroxylation is 1. The van der Waals surface area contributed by atoms with Crippen LogP contribution in [0.15, 0.2) is 60.7 Å². The first-order chi connectivity index (χ1) is 13.1. The van der Waals surface area contributed by atoms with Gasteiger partial charge in [-0.3, -0.25) is 10.1 Å². The van der Waals surface area contributed by atoms with E-state index >= 15 is 0 Å². The standard InChI is InChI=1S/C21H17N3O2S/c1-13-7-9-14(10-8-13)20-23-24-21(27-20)22-19(25)17-11-15-5-3-4-6-16(15)12-18(17)26-2/h3-12H,1-2H3,(H,22,24,25). The second kappa shape index (κ2) is 7.17. The highest BCUT2D eigenvalue weighted by Gasteiger charge is 2.16. The molecule has 0 radical (unpaired) electrons. The van der Waals surface area contributed by atoms with E-state index in [1.54, 1.807) is 7.11 Å². The molecule has 1 heterocycles. The Labute approximate surface area is 160 Å². The summed E-state index contributed by atoms with van der Waals surface area (Å²) in [6.45, 7) is 2.03. The number of nitrogens with zero attached hydrogens (tertiary/aromatic N) is 2. The molecule has 27 heavy (non-hydrogen) atoms. The average molecular weight is 375 g/mol. The van der Waals surface area contributed by atoms with Gasteiger partial charge in [-0.15, -0.1) is 10.2 Å². The summed E-state index contributed by atoms with van der Waals surface area (Å²) in [6.07, 6.45) is 0. The zero-order valence-electron chi connectivity index (χ0n) is 14.9. The Bertz CT molecular complexity index is 1120. The lowest BCUT2D eigenvalue weighted by Gasteiger charge is -2.09. The number of hydrogen-bond donors (Lipinski definition) is 1. The lowest BCUT2D eigenvalue weighted by Crippen LogP contribution is -2.13. The fourth-order valence-electron chi connectivity index (χ4n) is 2.82. The predicted octanol–water partition coefficient (Wildman–Crippen LogP) is 4.93. The predicted molar refractivity (Wildman–Crippen MR) is 109 cm³/mol. The van der Waals surface area contributed by atoms with Crippen LogP contribution in [0.2, 0.25) is 0 Å². The minimum atomic E-state index is -0.274. The number of benzene rings is 3. The van der Waals surface area contributed by atoms with Gasteiger partial charge < -0.3 is 4.74 Å². The van der Waals surface area contributed by atoms with E-state index in [2.05, 4.69) is 15.5 Å². The van der Waals surface area contributed by atoms with Gasteiger partial charge in [0.05, 0.1) is 12.7 Å². The minimum Gasteiger partial charge on any atom is -0.496 e. The fraction of sp³-hybridized carbons (Fsp3) is 0.0952. The number of carbonyl (C=O) groups is 1. The number of carbonyl (C=O) groups excluding carboxylic acids is 1. The summed E-state index contributed by atoms with van der Waals surface area (Å²) in [4.78, 5) is 12.8. The maximum Gasteiger partial charge on any atom is 0.261 e. The van der Waals surface area contributed by atoms with Crippen molar-refractivity contribution < 1.29 is 9.53 Å². The van der Waals surface area contributed by atoms with E-state index in [0.717, 1.165) is 21.3 Å². The molecule has 3 aromatic carbocycles. The van der Waals surface area contributed by atoms with E-state index in [9.17, 15) is 4.79 Å². The third-order valence-corrected chi connectivity index (χ3v) is 5.14. The van der Waals surface area contributed by atoms with Crippen molar-refractivity contribution in [2.24, 2.45) is 0 Å². The highest BCUT2D eigenvalue weighted by Crippen LogP contribution is 2.29. The quantitative estimate of drug-likeness (QED) is 0.549. The number of fused-ring (bicyclic) bond motifs is 1. The van der Waals surface area contributed by atoms with Crippen molar-refractivity contribution in [2.45, 2.75) is 6.92 Å². The van der Waals surface area contributed by atoms with Crippen molar-refractivity contribution in [1.82, 2.24) is 10.2 Å². The van der Waals surface area contributed by atoms with Crippen LogP contribution in [0.4, 0.5) is 5.13 Å². The zero-order valence-corrected chi connectivity index (χ0v) is 15.7. The molecule has 0 aliphatic carbocycles. The summed E-state index contributed by atoms with van der Waals surface area (Å²) in [7, 11) is 1.56. The number of ether oxygens (including phenoxy) is 1. The lowest BCUT2D eigenvalue weighted by atomic mass is 10.1. The Morgan fingerprint density at radius 2 is 1.70 bits per heavy atom. The number of nitrogens with one attached hydrogen (secondary N) is 1. The smallest absolute Gasteiger partial charge is 0.261 e. The van der Waals surface area contributed by atoms with Gasteiger partial charge in [-0.05, 0) is 29.8 Å². The molecule has 5 nitrogen and oxygen atoms in total. The van der Waals surface area contributed by atoms with Crippen molar-refractivity contribution in [3.05, 3.63) is 71.8 Å². The highest BCUT2D eigenvalue weighted by atomic mass is 32.1. The summed E-state index contributed by atoms with van der Waals surface area (Å²) in [6, 6.07) is 19.6. The molecule has 0 unspecified atom stereocenters. The van der Waals surface area contributed by atoms with Gasteiger partial charge in [-0.1, -0.05) is 65.4 Å². The molecule has 0 spiro atoms. The Morgan fingerprint density at radius 1 is 1.00 bits per heavy atom. The molecule has 1 aromatic heterocycles. The van der Waals surface area contributed by atoms with Gasteiger partial charge in [0.2, 0.25) is 5.13 Å². The molecule has 0 aliphatic rings. The molecule has 0 saturated heterocycles. The minimum absolute atomic E-state index is 0.274. The Hall–Kier alpha value is -3.25. The normalized spacial score (nSPS) is 10.7. The van der Waals surface area contributed by atoms with Gasteiger partial charge in [0.1, 0.15) is 10.8 Å². The zero-order chi connectivity index (χ0) is 18.8. The first-order valence-electron chi connectivity index (χ1n) is 8.43. The summed E-state index contributed by atoms with van der Waals surface area (Å²) < 4.78 is 5.40. The number of rotatable bonds is 4. The van der Waals surface area contributed by atoms with Crippen LogP contribution in [-0.2, 0) is 0 Å². The summed E-state index contributed by atoms with van der Waals surface area (Å²) in [5.41, 5.74) is 2.62. The number of methoxy groups -OCH3 is 1. The van der Waals surface area contributed by atoms with Crippen LogP contribution in [0.1, 0.15) is 15.9 Å². The van der Waals surface area contributed by atoms with Gasteiger partial charge in [0.15, 0.2) is 0 Å². The Kier molecular flexibility index (Phi) is 4.56. The molecule has 0 bridgehead atoms. The van der Waals surface area contributed by atoms with E-state index in [0.29, 0.717) is 16.4 Å². The van der Waals surface area contributed by atoms with Gasteiger partial charge in [-0.2, -0.15) is 0 Å². The van der Waals surface area contributed by atoms with Crippen LogP contribution in [0.3, 0.4) is 0 Å². The third-order valence-electron chi connectivity index (χ3n) is 4.26. The van der Waals surface area contributed by atoms with E-state index in [4.69, 9.17) is 4.74 Å². The summed E-state index contributed by atoms with van der Waals surface area (Å²) >= 11 is 1.34. The summed E-state index contributed by atoms with van der Waals surface area (Å²) in [5.74, 6) is 0.249.